The van der Waals surface area contributed by atoms with Crippen molar-refractivity contribution in [3.05, 3.63) is 51.5 Å². The van der Waals surface area contributed by atoms with Gasteiger partial charge in [-0.05, 0) is 62.2 Å². The Morgan fingerprint density at radius 1 is 1.21 bits per heavy atom. The molecule has 1 amide bonds. The number of pyridine rings is 1. The molecule has 1 aromatic carbocycles. The Balaban J connectivity index is 1.89. The van der Waals surface area contributed by atoms with Crippen LogP contribution in [-0.2, 0) is 4.79 Å². The number of anilines is 1. The average molecular weight is 402 g/mol. The Kier molecular flexibility index (Phi) is 5.42. The summed E-state index contributed by atoms with van der Waals surface area (Å²) in [5, 5.41) is 3.68. The lowest BCUT2D eigenvalue weighted by molar-refractivity contribution is -0.113. The van der Waals surface area contributed by atoms with Gasteiger partial charge in [-0.15, -0.1) is 0 Å². The second kappa shape index (κ2) is 7.07. The summed E-state index contributed by atoms with van der Waals surface area (Å²) in [6.07, 6.45) is 1.71. The van der Waals surface area contributed by atoms with Crippen LogP contribution in [0.1, 0.15) is 0 Å². The molecule has 6 heteroatoms. The molecular formula is C13H10Br2N2OS. The number of carbonyl (C=O) groups is 1. The van der Waals surface area contributed by atoms with E-state index in [9.17, 15) is 4.79 Å². The summed E-state index contributed by atoms with van der Waals surface area (Å²) in [6.45, 7) is 0. The third-order valence-corrected chi connectivity index (χ3v) is 5.02. The molecule has 0 saturated carbocycles. The molecule has 0 aliphatic carbocycles. The monoisotopic (exact) mass is 400 g/mol. The molecule has 1 aromatic heterocycles. The van der Waals surface area contributed by atoms with E-state index in [1.54, 1.807) is 6.20 Å². The molecule has 98 valence electrons. The summed E-state index contributed by atoms with van der Waals surface area (Å²) < 4.78 is 1.86. The maximum atomic E-state index is 11.8. The predicted octanol–water partition coefficient (Wildman–Crippen LogP) is 4.34. The average Bonchev–Trinajstić information content (AvgIpc) is 2.42. The largest absolute Gasteiger partial charge is 0.325 e. The molecule has 1 heterocycles. The summed E-state index contributed by atoms with van der Waals surface area (Å²) in [4.78, 5) is 15.9. The van der Waals surface area contributed by atoms with E-state index in [4.69, 9.17) is 0 Å². The van der Waals surface area contributed by atoms with Crippen LogP contribution < -0.4 is 5.32 Å². The van der Waals surface area contributed by atoms with Crippen LogP contribution in [0.15, 0.2) is 56.6 Å². The highest BCUT2D eigenvalue weighted by Gasteiger charge is 2.05. The Bertz CT molecular complexity index is 578. The summed E-state index contributed by atoms with van der Waals surface area (Å²) >= 11 is 8.19. The minimum atomic E-state index is -0.0510. The molecule has 0 aliphatic heterocycles. The summed E-state index contributed by atoms with van der Waals surface area (Å²) in [5.74, 6) is 0.287. The molecule has 3 nitrogen and oxygen atoms in total. The third kappa shape index (κ3) is 4.63. The molecule has 19 heavy (non-hydrogen) atoms. The summed E-state index contributed by atoms with van der Waals surface area (Å²) in [6, 6.07) is 11.2. The summed E-state index contributed by atoms with van der Waals surface area (Å²) in [7, 11) is 0. The van der Waals surface area contributed by atoms with E-state index in [0.717, 1.165) is 19.7 Å². The van der Waals surface area contributed by atoms with Crippen molar-refractivity contribution in [1.29, 1.82) is 0 Å². The Hall–Kier alpha value is -0.850. The number of amides is 1. The number of nitrogens with zero attached hydrogens (tertiary/aromatic N) is 1. The number of carbonyl (C=O) groups excluding carboxylic acids is 1. The van der Waals surface area contributed by atoms with Gasteiger partial charge in [0.05, 0.1) is 10.8 Å². The number of rotatable bonds is 4. The van der Waals surface area contributed by atoms with Crippen molar-refractivity contribution in [2.24, 2.45) is 0 Å². The second-order valence-corrected chi connectivity index (χ2v) is 6.34. The maximum absolute atomic E-state index is 11.8. The third-order valence-electron chi connectivity index (χ3n) is 2.19. The van der Waals surface area contributed by atoms with Crippen molar-refractivity contribution in [2.75, 3.05) is 11.1 Å². The standard InChI is InChI=1S/C13H10Br2N2OS/c14-10-5-4-9(7-11(10)15)17-12(18)8-19-13-3-1-2-6-16-13/h1-7H,8H2,(H,17,18). The predicted molar refractivity (Wildman–Crippen MR) is 85.4 cm³/mol. The Morgan fingerprint density at radius 3 is 2.74 bits per heavy atom. The number of thioether (sulfide) groups is 1. The van der Waals surface area contributed by atoms with E-state index in [2.05, 4.69) is 42.2 Å². The number of halogens is 2. The fourth-order valence-electron chi connectivity index (χ4n) is 1.34. The molecule has 2 rings (SSSR count). The SMILES string of the molecule is O=C(CSc1ccccn1)Nc1ccc(Br)c(Br)c1. The van der Waals surface area contributed by atoms with Crippen molar-refractivity contribution in [2.45, 2.75) is 5.03 Å². The van der Waals surface area contributed by atoms with Crippen LogP contribution in [0.3, 0.4) is 0 Å². The van der Waals surface area contributed by atoms with E-state index in [1.807, 2.05) is 36.4 Å². The van der Waals surface area contributed by atoms with E-state index >= 15 is 0 Å². The zero-order valence-corrected chi connectivity index (χ0v) is 13.8. The van der Waals surface area contributed by atoms with E-state index in [1.165, 1.54) is 11.8 Å². The van der Waals surface area contributed by atoms with Gasteiger partial charge in [0.15, 0.2) is 0 Å². The van der Waals surface area contributed by atoms with Gasteiger partial charge in [-0.3, -0.25) is 4.79 Å². The van der Waals surface area contributed by atoms with E-state index in [-0.39, 0.29) is 5.91 Å². The van der Waals surface area contributed by atoms with Crippen LogP contribution in [0.25, 0.3) is 0 Å². The molecule has 1 N–H and O–H groups in total. The zero-order chi connectivity index (χ0) is 13.7. The van der Waals surface area contributed by atoms with Crippen molar-refractivity contribution in [1.82, 2.24) is 4.98 Å². The highest BCUT2D eigenvalue weighted by molar-refractivity contribution is 9.13. The smallest absolute Gasteiger partial charge is 0.234 e. The van der Waals surface area contributed by atoms with Crippen LogP contribution >= 0.6 is 43.6 Å². The molecule has 0 radical (unpaired) electrons. The lowest BCUT2D eigenvalue weighted by Gasteiger charge is -2.06. The van der Waals surface area contributed by atoms with Gasteiger partial charge in [-0.1, -0.05) is 17.8 Å². The van der Waals surface area contributed by atoms with Crippen molar-refractivity contribution in [3.8, 4) is 0 Å². The van der Waals surface area contributed by atoms with Crippen molar-refractivity contribution < 1.29 is 4.79 Å². The van der Waals surface area contributed by atoms with E-state index in [0.29, 0.717) is 5.75 Å². The number of hydrogen-bond acceptors (Lipinski definition) is 3. The molecule has 0 fully saturated rings. The number of aromatic nitrogens is 1. The highest BCUT2D eigenvalue weighted by atomic mass is 79.9. The van der Waals surface area contributed by atoms with Gasteiger partial charge < -0.3 is 5.32 Å². The first-order valence-corrected chi connectivity index (χ1v) is 8.01. The molecule has 0 bridgehead atoms. The second-order valence-electron chi connectivity index (χ2n) is 3.63. The van der Waals surface area contributed by atoms with Crippen LogP contribution in [0.2, 0.25) is 0 Å². The number of hydrogen-bond donors (Lipinski definition) is 1. The fourth-order valence-corrected chi connectivity index (χ4v) is 2.63. The maximum Gasteiger partial charge on any atom is 0.234 e. The first-order chi connectivity index (χ1) is 9.15. The van der Waals surface area contributed by atoms with Crippen LogP contribution in [0.5, 0.6) is 0 Å². The van der Waals surface area contributed by atoms with Gasteiger partial charge >= 0.3 is 0 Å². The Labute approximate surface area is 132 Å². The minimum absolute atomic E-state index is 0.0510. The Morgan fingerprint density at radius 2 is 2.05 bits per heavy atom. The fraction of sp³-hybridized carbons (Fsp3) is 0.0769. The lowest BCUT2D eigenvalue weighted by atomic mass is 10.3. The molecule has 0 unspecified atom stereocenters. The quantitative estimate of drug-likeness (QED) is 0.775. The first-order valence-electron chi connectivity index (χ1n) is 5.44. The van der Waals surface area contributed by atoms with Crippen LogP contribution in [0, 0.1) is 0 Å². The minimum Gasteiger partial charge on any atom is -0.325 e. The molecular weight excluding hydrogens is 392 g/mol. The zero-order valence-electron chi connectivity index (χ0n) is 9.77. The molecule has 2 aromatic rings. The van der Waals surface area contributed by atoms with Gasteiger partial charge in [-0.25, -0.2) is 4.98 Å². The van der Waals surface area contributed by atoms with Crippen molar-refractivity contribution in [3.63, 3.8) is 0 Å². The normalized spacial score (nSPS) is 10.2. The molecule has 0 aliphatic rings. The molecule has 0 saturated heterocycles. The van der Waals surface area contributed by atoms with Gasteiger partial charge in [0.25, 0.3) is 0 Å². The first kappa shape index (κ1) is 14.6. The van der Waals surface area contributed by atoms with Crippen molar-refractivity contribution >= 4 is 55.2 Å². The highest BCUT2D eigenvalue weighted by Crippen LogP contribution is 2.26. The lowest BCUT2D eigenvalue weighted by Crippen LogP contribution is -2.14. The molecule has 0 spiro atoms. The van der Waals surface area contributed by atoms with Gasteiger partial charge in [-0.2, -0.15) is 0 Å². The van der Waals surface area contributed by atoms with Gasteiger partial charge in [0.2, 0.25) is 5.91 Å². The summed E-state index contributed by atoms with van der Waals surface area (Å²) in [5.41, 5.74) is 0.765. The van der Waals surface area contributed by atoms with Crippen LogP contribution in [0.4, 0.5) is 5.69 Å². The molecule has 0 atom stereocenters. The van der Waals surface area contributed by atoms with Gasteiger partial charge in [0.1, 0.15) is 0 Å². The van der Waals surface area contributed by atoms with Crippen LogP contribution in [-0.4, -0.2) is 16.6 Å². The topological polar surface area (TPSA) is 42.0 Å². The van der Waals surface area contributed by atoms with E-state index < -0.39 is 0 Å². The number of benzene rings is 1. The number of nitrogens with one attached hydrogen (secondary N) is 1. The van der Waals surface area contributed by atoms with Gasteiger partial charge in [0, 0.05) is 20.8 Å².